The predicted molar refractivity (Wildman–Crippen MR) is 71.6 cm³/mol. The Bertz CT molecular complexity index is 446. The van der Waals surface area contributed by atoms with Crippen molar-refractivity contribution in [2.24, 2.45) is 5.10 Å². The lowest BCUT2D eigenvalue weighted by Crippen LogP contribution is -2.28. The quantitative estimate of drug-likeness (QED) is 0.492. The summed E-state index contributed by atoms with van der Waals surface area (Å²) in [7, 11) is 0. The Kier molecular flexibility index (Phi) is 5.52. The zero-order valence-electron chi connectivity index (χ0n) is 8.91. The molecule has 1 amide bonds. The Morgan fingerprint density at radius 1 is 1.53 bits per heavy atom. The van der Waals surface area contributed by atoms with Crippen LogP contribution >= 0.6 is 23.2 Å². The third-order valence-corrected chi connectivity index (χ3v) is 2.19. The first-order chi connectivity index (χ1) is 8.13. The van der Waals surface area contributed by atoms with Crippen LogP contribution in [0.3, 0.4) is 0 Å². The van der Waals surface area contributed by atoms with Crippen molar-refractivity contribution in [3.05, 3.63) is 41.9 Å². The highest BCUT2D eigenvalue weighted by Gasteiger charge is 2.06. The summed E-state index contributed by atoms with van der Waals surface area (Å²) >= 11 is 11.4. The Labute approximate surface area is 109 Å². The van der Waals surface area contributed by atoms with Crippen LogP contribution in [0.15, 0.2) is 42.0 Å². The minimum Gasteiger partial charge on any atom is -0.346 e. The molecule has 0 aliphatic carbocycles. The summed E-state index contributed by atoms with van der Waals surface area (Å²) in [6.07, 6.45) is 1.55. The van der Waals surface area contributed by atoms with E-state index in [9.17, 15) is 4.79 Å². The number of carbonyl (C=O) groups excluding carboxylic acids is 1. The number of benzene rings is 1. The monoisotopic (exact) mass is 271 g/mol. The van der Waals surface area contributed by atoms with Gasteiger partial charge in [0.05, 0.1) is 5.69 Å². The Hall–Kier alpha value is -1.52. The molecule has 4 nitrogen and oxygen atoms in total. The second-order valence-electron chi connectivity index (χ2n) is 3.02. The topological polar surface area (TPSA) is 53.5 Å². The molecule has 0 aliphatic rings. The number of hydrazone groups is 1. The van der Waals surface area contributed by atoms with Crippen LogP contribution in [0.4, 0.5) is 5.69 Å². The van der Waals surface area contributed by atoms with Crippen molar-refractivity contribution >= 4 is 40.0 Å². The molecule has 1 rings (SSSR count). The summed E-state index contributed by atoms with van der Waals surface area (Å²) in [5.41, 5.74) is 3.27. The molecule has 0 bridgehead atoms. The molecule has 2 N–H and O–H groups in total. The molecule has 0 heterocycles. The van der Waals surface area contributed by atoms with Crippen molar-refractivity contribution in [1.82, 2.24) is 5.32 Å². The van der Waals surface area contributed by atoms with Crippen LogP contribution in [0.25, 0.3) is 0 Å². The van der Waals surface area contributed by atoms with Crippen LogP contribution < -0.4 is 10.7 Å². The SMILES string of the molecule is C=CCNC(=O)C(Cl)=NNc1cccc(Cl)c1. The van der Waals surface area contributed by atoms with Gasteiger partial charge in [0.2, 0.25) is 5.17 Å². The van der Waals surface area contributed by atoms with Crippen LogP contribution in [0.2, 0.25) is 5.02 Å². The smallest absolute Gasteiger partial charge is 0.283 e. The molecular formula is C11H11Cl2N3O. The standard InChI is InChI=1S/C11H11Cl2N3O/c1-2-6-14-11(17)10(13)16-15-9-5-3-4-8(12)7-9/h2-5,7,15H,1,6H2,(H,14,17). The highest BCUT2D eigenvalue weighted by atomic mass is 35.5. The third-order valence-electron chi connectivity index (χ3n) is 1.70. The average molecular weight is 272 g/mol. The molecule has 1 aromatic rings. The van der Waals surface area contributed by atoms with Crippen molar-refractivity contribution in [2.45, 2.75) is 0 Å². The molecule has 90 valence electrons. The van der Waals surface area contributed by atoms with Crippen molar-refractivity contribution in [2.75, 3.05) is 12.0 Å². The molecule has 0 atom stereocenters. The lowest BCUT2D eigenvalue weighted by Gasteiger charge is -2.02. The van der Waals surface area contributed by atoms with Gasteiger partial charge in [0, 0.05) is 11.6 Å². The lowest BCUT2D eigenvalue weighted by atomic mass is 10.3. The van der Waals surface area contributed by atoms with Gasteiger partial charge in [0.1, 0.15) is 0 Å². The first-order valence-electron chi connectivity index (χ1n) is 4.77. The molecule has 17 heavy (non-hydrogen) atoms. The molecule has 0 spiro atoms. The molecule has 0 fully saturated rings. The minimum absolute atomic E-state index is 0.188. The number of anilines is 1. The summed E-state index contributed by atoms with van der Waals surface area (Å²) in [6, 6.07) is 6.90. The zero-order valence-corrected chi connectivity index (χ0v) is 10.4. The number of amides is 1. The number of nitrogens with one attached hydrogen (secondary N) is 2. The van der Waals surface area contributed by atoms with E-state index in [0.717, 1.165) is 0 Å². The number of rotatable bonds is 5. The van der Waals surface area contributed by atoms with E-state index in [1.54, 1.807) is 30.3 Å². The summed E-state index contributed by atoms with van der Waals surface area (Å²) in [5, 5.41) is 6.59. The van der Waals surface area contributed by atoms with E-state index in [4.69, 9.17) is 23.2 Å². The fourth-order valence-electron chi connectivity index (χ4n) is 0.960. The molecule has 0 aromatic heterocycles. The largest absolute Gasteiger partial charge is 0.346 e. The summed E-state index contributed by atoms with van der Waals surface area (Å²) < 4.78 is 0. The second kappa shape index (κ2) is 6.93. The van der Waals surface area contributed by atoms with Gasteiger partial charge in [-0.25, -0.2) is 0 Å². The number of hydrogen-bond acceptors (Lipinski definition) is 3. The highest BCUT2D eigenvalue weighted by Crippen LogP contribution is 2.14. The molecule has 0 saturated heterocycles. The molecular weight excluding hydrogens is 261 g/mol. The Morgan fingerprint density at radius 3 is 2.94 bits per heavy atom. The summed E-state index contributed by atoms with van der Waals surface area (Å²) in [4.78, 5) is 11.3. The van der Waals surface area contributed by atoms with Crippen LogP contribution in [0.5, 0.6) is 0 Å². The van der Waals surface area contributed by atoms with Gasteiger partial charge in [-0.1, -0.05) is 35.3 Å². The summed E-state index contributed by atoms with van der Waals surface area (Å²) in [6.45, 7) is 3.80. The van der Waals surface area contributed by atoms with Gasteiger partial charge in [-0.3, -0.25) is 10.2 Å². The van der Waals surface area contributed by atoms with Gasteiger partial charge in [0.25, 0.3) is 5.91 Å². The Morgan fingerprint density at radius 2 is 2.29 bits per heavy atom. The van der Waals surface area contributed by atoms with Gasteiger partial charge < -0.3 is 5.32 Å². The normalized spacial score (nSPS) is 10.8. The Balaban J connectivity index is 2.58. The van der Waals surface area contributed by atoms with E-state index < -0.39 is 5.91 Å². The van der Waals surface area contributed by atoms with E-state index in [1.165, 1.54) is 0 Å². The second-order valence-corrected chi connectivity index (χ2v) is 3.82. The van der Waals surface area contributed by atoms with E-state index in [2.05, 4.69) is 22.4 Å². The van der Waals surface area contributed by atoms with Gasteiger partial charge in [-0.2, -0.15) is 5.10 Å². The van der Waals surface area contributed by atoms with E-state index in [0.29, 0.717) is 17.3 Å². The van der Waals surface area contributed by atoms with Gasteiger partial charge in [-0.15, -0.1) is 6.58 Å². The molecule has 0 unspecified atom stereocenters. The molecule has 1 aromatic carbocycles. The van der Waals surface area contributed by atoms with E-state index in [1.807, 2.05) is 0 Å². The number of nitrogens with zero attached hydrogens (tertiary/aromatic N) is 1. The van der Waals surface area contributed by atoms with Crippen molar-refractivity contribution in [3.8, 4) is 0 Å². The van der Waals surface area contributed by atoms with Crippen molar-refractivity contribution in [3.63, 3.8) is 0 Å². The third kappa shape index (κ3) is 4.89. The van der Waals surface area contributed by atoms with Crippen LogP contribution in [0, 0.1) is 0 Å². The average Bonchev–Trinajstić information content (AvgIpc) is 2.33. The van der Waals surface area contributed by atoms with E-state index in [-0.39, 0.29) is 5.17 Å². The van der Waals surface area contributed by atoms with Gasteiger partial charge >= 0.3 is 0 Å². The predicted octanol–water partition coefficient (Wildman–Crippen LogP) is 2.61. The van der Waals surface area contributed by atoms with Crippen LogP contribution in [-0.4, -0.2) is 17.6 Å². The fraction of sp³-hybridized carbons (Fsp3) is 0.0909. The van der Waals surface area contributed by atoms with Crippen LogP contribution in [0.1, 0.15) is 0 Å². The zero-order chi connectivity index (χ0) is 12.7. The first-order valence-corrected chi connectivity index (χ1v) is 5.53. The maximum Gasteiger partial charge on any atom is 0.283 e. The van der Waals surface area contributed by atoms with E-state index >= 15 is 0 Å². The number of hydrogen-bond donors (Lipinski definition) is 2. The maximum absolute atomic E-state index is 11.3. The molecule has 6 heteroatoms. The summed E-state index contributed by atoms with van der Waals surface area (Å²) in [5.74, 6) is -0.471. The number of halogens is 2. The molecule has 0 aliphatic heterocycles. The molecule has 0 radical (unpaired) electrons. The van der Waals surface area contributed by atoms with Gasteiger partial charge in [0.15, 0.2) is 0 Å². The molecule has 0 saturated carbocycles. The number of carbonyl (C=O) groups is 1. The van der Waals surface area contributed by atoms with Crippen molar-refractivity contribution < 1.29 is 4.79 Å². The lowest BCUT2D eigenvalue weighted by molar-refractivity contribution is -0.114. The highest BCUT2D eigenvalue weighted by molar-refractivity contribution is 6.82. The van der Waals surface area contributed by atoms with Gasteiger partial charge in [-0.05, 0) is 18.2 Å². The fourth-order valence-corrected chi connectivity index (χ4v) is 1.26. The van der Waals surface area contributed by atoms with Crippen molar-refractivity contribution in [1.29, 1.82) is 0 Å². The minimum atomic E-state index is -0.471. The first kappa shape index (κ1) is 13.5. The maximum atomic E-state index is 11.3. The van der Waals surface area contributed by atoms with Crippen LogP contribution in [-0.2, 0) is 4.79 Å².